The van der Waals surface area contributed by atoms with E-state index in [0.29, 0.717) is 18.7 Å². The maximum atomic E-state index is 13.0. The Bertz CT molecular complexity index is 1140. The lowest BCUT2D eigenvalue weighted by Crippen LogP contribution is -2.46. The molecule has 8 heteroatoms. The van der Waals surface area contributed by atoms with Crippen molar-refractivity contribution >= 4 is 28.9 Å². The molecule has 2 aromatic carbocycles. The Morgan fingerprint density at radius 3 is 2.48 bits per heavy atom. The van der Waals surface area contributed by atoms with E-state index in [1.54, 1.807) is 6.92 Å². The van der Waals surface area contributed by atoms with E-state index < -0.39 is 17.5 Å². The molecule has 1 saturated heterocycles. The highest BCUT2D eigenvalue weighted by molar-refractivity contribution is 6.08. The Morgan fingerprint density at radius 2 is 1.79 bits per heavy atom. The van der Waals surface area contributed by atoms with E-state index in [-0.39, 0.29) is 24.4 Å². The van der Waals surface area contributed by atoms with E-state index in [9.17, 15) is 14.4 Å². The van der Waals surface area contributed by atoms with Crippen molar-refractivity contribution in [2.75, 3.05) is 6.54 Å². The minimum atomic E-state index is -1.04. The van der Waals surface area contributed by atoms with Crippen LogP contribution in [0.4, 0.5) is 4.79 Å². The maximum absolute atomic E-state index is 13.0. The second-order valence-corrected chi connectivity index (χ2v) is 9.07. The van der Waals surface area contributed by atoms with Gasteiger partial charge in [0, 0.05) is 0 Å². The molecule has 3 N–H and O–H groups in total. The zero-order chi connectivity index (χ0) is 23.6. The molecule has 1 fully saturated rings. The van der Waals surface area contributed by atoms with Crippen LogP contribution in [0.2, 0.25) is 0 Å². The van der Waals surface area contributed by atoms with Crippen LogP contribution >= 0.6 is 0 Å². The van der Waals surface area contributed by atoms with Gasteiger partial charge in [0.25, 0.3) is 5.91 Å². The van der Waals surface area contributed by atoms with Crippen molar-refractivity contribution in [3.8, 4) is 0 Å². The van der Waals surface area contributed by atoms with Crippen LogP contribution in [-0.4, -0.2) is 44.8 Å². The average molecular weight is 448 g/mol. The Labute approximate surface area is 192 Å². The van der Waals surface area contributed by atoms with Crippen molar-refractivity contribution in [3.05, 3.63) is 66.0 Å². The molecule has 0 aliphatic carbocycles. The van der Waals surface area contributed by atoms with Gasteiger partial charge < -0.3 is 15.6 Å². The van der Waals surface area contributed by atoms with Gasteiger partial charge in [-0.1, -0.05) is 56.3 Å². The highest BCUT2D eigenvalue weighted by Gasteiger charge is 2.48. The smallest absolute Gasteiger partial charge is 0.325 e. The lowest BCUT2D eigenvalue weighted by molar-refractivity contribution is -0.135. The number of H-pyrrole nitrogens is 1. The molecule has 0 saturated carbocycles. The van der Waals surface area contributed by atoms with Crippen molar-refractivity contribution < 1.29 is 14.4 Å². The van der Waals surface area contributed by atoms with E-state index in [2.05, 4.69) is 20.6 Å². The molecule has 33 heavy (non-hydrogen) atoms. The van der Waals surface area contributed by atoms with Crippen LogP contribution in [0, 0.1) is 5.92 Å². The fraction of sp³-hybridized carbons (Fsp3) is 0.360. The number of para-hydroxylation sites is 2. The quantitative estimate of drug-likeness (QED) is 0.461. The summed E-state index contributed by atoms with van der Waals surface area (Å²) in [6, 6.07) is 16.5. The van der Waals surface area contributed by atoms with Gasteiger partial charge in [-0.15, -0.1) is 0 Å². The molecule has 1 aliphatic heterocycles. The van der Waals surface area contributed by atoms with E-state index in [0.717, 1.165) is 21.5 Å². The minimum absolute atomic E-state index is 0.0498. The molecule has 0 spiro atoms. The van der Waals surface area contributed by atoms with Crippen molar-refractivity contribution in [2.45, 2.75) is 45.2 Å². The van der Waals surface area contributed by atoms with Crippen LogP contribution in [0.5, 0.6) is 0 Å². The summed E-state index contributed by atoms with van der Waals surface area (Å²) in [6.45, 7) is 5.33. The van der Waals surface area contributed by atoms with E-state index >= 15 is 0 Å². The molecule has 1 aromatic heterocycles. The third kappa shape index (κ3) is 4.74. The molecule has 4 rings (SSSR count). The minimum Gasteiger partial charge on any atom is -0.344 e. The summed E-state index contributed by atoms with van der Waals surface area (Å²) in [5.41, 5.74) is 1.75. The second-order valence-electron chi connectivity index (χ2n) is 9.07. The van der Waals surface area contributed by atoms with Gasteiger partial charge in [0.2, 0.25) is 5.91 Å². The first-order valence-electron chi connectivity index (χ1n) is 11.2. The van der Waals surface area contributed by atoms with Crippen LogP contribution in [0.1, 0.15) is 44.6 Å². The molecule has 172 valence electrons. The first-order chi connectivity index (χ1) is 15.8. The molecule has 3 aromatic rings. The summed E-state index contributed by atoms with van der Waals surface area (Å²) in [5.74, 6) is -0.105. The molecule has 4 amide bonds. The Morgan fingerprint density at radius 1 is 1.09 bits per heavy atom. The third-order valence-electron chi connectivity index (χ3n) is 6.09. The Kier molecular flexibility index (Phi) is 6.18. The van der Waals surface area contributed by atoms with Crippen molar-refractivity contribution in [1.29, 1.82) is 0 Å². The monoisotopic (exact) mass is 447 g/mol. The maximum Gasteiger partial charge on any atom is 0.325 e. The first kappa shape index (κ1) is 22.5. The number of imidazole rings is 1. The summed E-state index contributed by atoms with van der Waals surface area (Å²) < 4.78 is 0. The van der Waals surface area contributed by atoms with Crippen LogP contribution in [0.3, 0.4) is 0 Å². The van der Waals surface area contributed by atoms with Gasteiger partial charge >= 0.3 is 6.03 Å². The van der Waals surface area contributed by atoms with Gasteiger partial charge in [-0.3, -0.25) is 14.5 Å². The molecular formula is C25H29N5O3. The van der Waals surface area contributed by atoms with Crippen LogP contribution in [-0.2, 0) is 16.0 Å². The number of hydrogen-bond acceptors (Lipinski definition) is 4. The number of benzene rings is 2. The van der Waals surface area contributed by atoms with Gasteiger partial charge in [-0.25, -0.2) is 9.78 Å². The van der Waals surface area contributed by atoms with Gasteiger partial charge in [-0.2, -0.15) is 0 Å². The summed E-state index contributed by atoms with van der Waals surface area (Å²) in [7, 11) is 0. The molecule has 0 unspecified atom stereocenters. The topological polar surface area (TPSA) is 107 Å². The fourth-order valence-electron chi connectivity index (χ4n) is 4.13. The average Bonchev–Trinajstić information content (AvgIpc) is 3.31. The molecule has 2 heterocycles. The number of nitrogens with one attached hydrogen (secondary N) is 3. The fourth-order valence-corrected chi connectivity index (χ4v) is 4.13. The molecule has 1 aliphatic rings. The standard InChI is InChI=1S/C25H29N5O3/c1-16(2)21(22-26-18-11-7-8-12-19(18)27-22)28-20(31)15-30-23(32)25(3,29-24(30)33)14-13-17-9-5-4-6-10-17/h4-12,16,21H,13-15H2,1-3H3,(H,26,27)(H,28,31)(H,29,33)/t21-,25-/m0/s1. The number of aromatic nitrogens is 2. The van der Waals surface area contributed by atoms with Crippen LogP contribution in [0.25, 0.3) is 11.0 Å². The number of carbonyl (C=O) groups is 3. The van der Waals surface area contributed by atoms with E-state index in [1.165, 1.54) is 0 Å². The van der Waals surface area contributed by atoms with E-state index in [1.807, 2.05) is 68.4 Å². The molecule has 0 radical (unpaired) electrons. The lowest BCUT2D eigenvalue weighted by Gasteiger charge is -2.23. The Balaban J connectivity index is 1.42. The number of imide groups is 1. The second kappa shape index (κ2) is 9.05. The van der Waals surface area contributed by atoms with Crippen LogP contribution < -0.4 is 10.6 Å². The molecular weight excluding hydrogens is 418 g/mol. The van der Waals surface area contributed by atoms with Crippen LogP contribution in [0.15, 0.2) is 54.6 Å². The summed E-state index contributed by atoms with van der Waals surface area (Å²) in [5, 5.41) is 5.71. The lowest BCUT2D eigenvalue weighted by atomic mass is 9.93. The zero-order valence-electron chi connectivity index (χ0n) is 19.1. The first-order valence-corrected chi connectivity index (χ1v) is 11.2. The normalized spacial score (nSPS) is 19.2. The van der Waals surface area contributed by atoms with Gasteiger partial charge in [0.1, 0.15) is 17.9 Å². The predicted octanol–water partition coefficient (Wildman–Crippen LogP) is 3.32. The highest BCUT2D eigenvalue weighted by Crippen LogP contribution is 2.25. The SMILES string of the molecule is CC(C)[C@H](NC(=O)CN1C(=O)N[C@@](C)(CCc2ccccc2)C1=O)c1nc2ccccc2[nH]1. The third-order valence-corrected chi connectivity index (χ3v) is 6.09. The van der Waals surface area contributed by atoms with Crippen molar-refractivity contribution in [1.82, 2.24) is 25.5 Å². The number of rotatable bonds is 8. The molecule has 8 nitrogen and oxygen atoms in total. The summed E-state index contributed by atoms with van der Waals surface area (Å²) in [4.78, 5) is 47.3. The number of nitrogens with zero attached hydrogens (tertiary/aromatic N) is 2. The highest BCUT2D eigenvalue weighted by atomic mass is 16.2. The van der Waals surface area contributed by atoms with Gasteiger partial charge in [-0.05, 0) is 43.4 Å². The Hall–Kier alpha value is -3.68. The number of amides is 4. The number of aromatic amines is 1. The number of carbonyl (C=O) groups excluding carboxylic acids is 3. The van der Waals surface area contributed by atoms with Gasteiger partial charge in [0.05, 0.1) is 17.1 Å². The number of aryl methyl sites for hydroxylation is 1. The number of fused-ring (bicyclic) bond motifs is 1. The summed E-state index contributed by atoms with van der Waals surface area (Å²) in [6.07, 6.45) is 1.10. The number of urea groups is 1. The molecule has 0 bridgehead atoms. The zero-order valence-corrected chi connectivity index (χ0v) is 19.1. The van der Waals surface area contributed by atoms with Crippen molar-refractivity contribution in [3.63, 3.8) is 0 Å². The summed E-state index contributed by atoms with van der Waals surface area (Å²) >= 11 is 0. The predicted molar refractivity (Wildman–Crippen MR) is 125 cm³/mol. The van der Waals surface area contributed by atoms with Gasteiger partial charge in [0.15, 0.2) is 0 Å². The molecule has 2 atom stereocenters. The number of hydrogen-bond donors (Lipinski definition) is 3. The largest absolute Gasteiger partial charge is 0.344 e. The van der Waals surface area contributed by atoms with Crippen molar-refractivity contribution in [2.24, 2.45) is 5.92 Å². The van der Waals surface area contributed by atoms with E-state index in [4.69, 9.17) is 0 Å².